The predicted octanol–water partition coefficient (Wildman–Crippen LogP) is 1.61. The molecule has 0 saturated heterocycles. The van der Waals surface area contributed by atoms with Crippen LogP contribution >= 0.6 is 0 Å². The fraction of sp³-hybridized carbons (Fsp3) is 0.235. The van der Waals surface area contributed by atoms with Gasteiger partial charge in [-0.1, -0.05) is 13.0 Å². The molecule has 3 heterocycles. The number of nitrogens with zero attached hydrogens (tertiary/aromatic N) is 3. The van der Waals surface area contributed by atoms with Crippen molar-refractivity contribution in [3.05, 3.63) is 57.8 Å². The molecule has 1 amide bonds. The van der Waals surface area contributed by atoms with Gasteiger partial charge in [-0.05, 0) is 25.5 Å². The van der Waals surface area contributed by atoms with Gasteiger partial charge in [-0.3, -0.25) is 19.7 Å². The van der Waals surface area contributed by atoms with Gasteiger partial charge in [0.05, 0.1) is 6.42 Å². The molecule has 0 fully saturated rings. The molecular formula is C17H18N6O2. The summed E-state index contributed by atoms with van der Waals surface area (Å²) in [5.41, 5.74) is 1.96. The van der Waals surface area contributed by atoms with Crippen molar-refractivity contribution in [3.63, 3.8) is 0 Å². The molecule has 3 aromatic heterocycles. The van der Waals surface area contributed by atoms with Crippen molar-refractivity contribution in [2.24, 2.45) is 0 Å². The minimum atomic E-state index is -0.348. The van der Waals surface area contributed by atoms with Crippen LogP contribution in [0.25, 0.3) is 11.5 Å². The lowest BCUT2D eigenvalue weighted by Gasteiger charge is -2.07. The second-order valence-electron chi connectivity index (χ2n) is 5.55. The molecular weight excluding hydrogens is 320 g/mol. The second kappa shape index (κ2) is 7.08. The Morgan fingerprint density at radius 1 is 1.32 bits per heavy atom. The molecule has 3 N–H and O–H groups in total. The third-order valence-corrected chi connectivity index (χ3v) is 3.75. The van der Waals surface area contributed by atoms with Crippen LogP contribution in [0.15, 0.2) is 35.3 Å². The van der Waals surface area contributed by atoms with Crippen LogP contribution in [0.4, 0.5) is 5.82 Å². The fourth-order valence-corrected chi connectivity index (χ4v) is 2.40. The summed E-state index contributed by atoms with van der Waals surface area (Å²) in [6, 6.07) is 7.12. The van der Waals surface area contributed by atoms with Crippen LogP contribution < -0.4 is 10.9 Å². The number of aryl methyl sites for hydroxylation is 2. The number of H-pyrrole nitrogens is 2. The maximum Gasteiger partial charge on any atom is 0.255 e. The largest absolute Gasteiger partial charge is 0.309 e. The minimum Gasteiger partial charge on any atom is -0.309 e. The topological polar surface area (TPSA) is 116 Å². The van der Waals surface area contributed by atoms with E-state index in [1.165, 1.54) is 0 Å². The molecule has 3 aromatic rings. The SMILES string of the molecule is CCc1cc(NC(=O)Cc2c(C)nc(-c3ccccn3)[nH]c2=O)n[nH]1. The van der Waals surface area contributed by atoms with Gasteiger partial charge in [-0.25, -0.2) is 4.98 Å². The molecule has 0 aromatic carbocycles. The number of nitrogens with one attached hydrogen (secondary N) is 3. The Bertz CT molecular complexity index is 945. The molecule has 0 unspecified atom stereocenters. The van der Waals surface area contributed by atoms with Gasteiger partial charge >= 0.3 is 0 Å². The standard InChI is InChI=1S/C17H18N6O2/c1-3-11-8-14(23-22-11)20-15(24)9-12-10(2)19-16(21-17(12)25)13-6-4-5-7-18-13/h4-8H,3,9H2,1-2H3,(H,19,21,25)(H2,20,22,23,24). The molecule has 3 rings (SSSR count). The van der Waals surface area contributed by atoms with Crippen LogP contribution in [0, 0.1) is 6.92 Å². The quantitative estimate of drug-likeness (QED) is 0.653. The van der Waals surface area contributed by atoms with E-state index in [9.17, 15) is 9.59 Å². The maximum absolute atomic E-state index is 12.3. The zero-order chi connectivity index (χ0) is 17.8. The van der Waals surface area contributed by atoms with Crippen LogP contribution in [0.3, 0.4) is 0 Å². The third kappa shape index (κ3) is 3.79. The lowest BCUT2D eigenvalue weighted by atomic mass is 10.1. The van der Waals surface area contributed by atoms with Gasteiger partial charge in [0, 0.05) is 29.2 Å². The van der Waals surface area contributed by atoms with E-state index in [0.29, 0.717) is 28.6 Å². The Hall–Kier alpha value is -3.29. The van der Waals surface area contributed by atoms with Gasteiger partial charge < -0.3 is 10.3 Å². The summed E-state index contributed by atoms with van der Waals surface area (Å²) < 4.78 is 0. The Labute approximate surface area is 143 Å². The van der Waals surface area contributed by atoms with E-state index in [1.807, 2.05) is 13.0 Å². The molecule has 25 heavy (non-hydrogen) atoms. The van der Waals surface area contributed by atoms with E-state index < -0.39 is 0 Å². The van der Waals surface area contributed by atoms with Crippen LogP contribution in [0.2, 0.25) is 0 Å². The summed E-state index contributed by atoms with van der Waals surface area (Å²) in [4.78, 5) is 35.7. The minimum absolute atomic E-state index is 0.0784. The van der Waals surface area contributed by atoms with Crippen molar-refractivity contribution in [2.75, 3.05) is 5.32 Å². The van der Waals surface area contributed by atoms with Crippen LogP contribution in [-0.4, -0.2) is 31.1 Å². The molecule has 0 bridgehead atoms. The van der Waals surface area contributed by atoms with E-state index in [1.54, 1.807) is 31.3 Å². The lowest BCUT2D eigenvalue weighted by molar-refractivity contribution is -0.115. The smallest absolute Gasteiger partial charge is 0.255 e. The maximum atomic E-state index is 12.3. The molecule has 0 atom stereocenters. The monoisotopic (exact) mass is 338 g/mol. The summed E-state index contributed by atoms with van der Waals surface area (Å²) >= 11 is 0. The van der Waals surface area contributed by atoms with E-state index in [4.69, 9.17) is 0 Å². The van der Waals surface area contributed by atoms with Crippen molar-refractivity contribution in [3.8, 4) is 11.5 Å². The number of pyridine rings is 1. The van der Waals surface area contributed by atoms with Crippen molar-refractivity contribution in [1.29, 1.82) is 0 Å². The number of carbonyl (C=O) groups excluding carboxylic acids is 1. The molecule has 8 nitrogen and oxygen atoms in total. The second-order valence-corrected chi connectivity index (χ2v) is 5.55. The summed E-state index contributed by atoms with van der Waals surface area (Å²) in [5, 5.41) is 9.49. The third-order valence-electron chi connectivity index (χ3n) is 3.75. The molecule has 8 heteroatoms. The first-order valence-corrected chi connectivity index (χ1v) is 7.92. The first kappa shape index (κ1) is 16.6. The van der Waals surface area contributed by atoms with E-state index in [2.05, 4.69) is 30.5 Å². The summed E-state index contributed by atoms with van der Waals surface area (Å²) in [7, 11) is 0. The van der Waals surface area contributed by atoms with Gasteiger partial charge in [0.25, 0.3) is 5.56 Å². The number of rotatable bonds is 5. The highest BCUT2D eigenvalue weighted by Gasteiger charge is 2.14. The molecule has 0 aliphatic rings. The Morgan fingerprint density at radius 2 is 2.16 bits per heavy atom. The zero-order valence-corrected chi connectivity index (χ0v) is 14.0. The van der Waals surface area contributed by atoms with Crippen molar-refractivity contribution in [1.82, 2.24) is 25.1 Å². The molecule has 0 spiro atoms. The first-order chi connectivity index (χ1) is 12.1. The van der Waals surface area contributed by atoms with Gasteiger partial charge in [-0.15, -0.1) is 0 Å². The average molecular weight is 338 g/mol. The highest BCUT2D eigenvalue weighted by Crippen LogP contribution is 2.12. The summed E-state index contributed by atoms with van der Waals surface area (Å²) in [5.74, 6) is 0.497. The lowest BCUT2D eigenvalue weighted by Crippen LogP contribution is -2.24. The van der Waals surface area contributed by atoms with Crippen LogP contribution in [-0.2, 0) is 17.6 Å². The number of anilines is 1. The fourth-order valence-electron chi connectivity index (χ4n) is 2.40. The highest BCUT2D eigenvalue weighted by molar-refractivity contribution is 5.91. The zero-order valence-electron chi connectivity index (χ0n) is 14.0. The van der Waals surface area contributed by atoms with Gasteiger partial charge in [0.15, 0.2) is 11.6 Å². The molecule has 0 radical (unpaired) electrons. The number of hydrogen-bond donors (Lipinski definition) is 3. The number of hydrogen-bond acceptors (Lipinski definition) is 5. The number of carbonyl (C=O) groups is 1. The Morgan fingerprint density at radius 3 is 2.80 bits per heavy atom. The summed E-state index contributed by atoms with van der Waals surface area (Å²) in [6.07, 6.45) is 2.34. The number of aromatic nitrogens is 5. The summed E-state index contributed by atoms with van der Waals surface area (Å²) in [6.45, 7) is 3.69. The highest BCUT2D eigenvalue weighted by atomic mass is 16.2. The number of amides is 1. The van der Waals surface area contributed by atoms with Crippen molar-refractivity contribution < 1.29 is 4.79 Å². The van der Waals surface area contributed by atoms with Gasteiger partial charge in [-0.2, -0.15) is 5.10 Å². The first-order valence-electron chi connectivity index (χ1n) is 7.92. The average Bonchev–Trinajstić information content (AvgIpc) is 3.06. The van der Waals surface area contributed by atoms with E-state index >= 15 is 0 Å². The molecule has 0 aliphatic heterocycles. The van der Waals surface area contributed by atoms with E-state index in [0.717, 1.165) is 12.1 Å². The van der Waals surface area contributed by atoms with E-state index in [-0.39, 0.29) is 17.9 Å². The van der Waals surface area contributed by atoms with Gasteiger partial charge in [0.1, 0.15) is 5.69 Å². The Balaban J connectivity index is 1.78. The van der Waals surface area contributed by atoms with Crippen molar-refractivity contribution in [2.45, 2.75) is 26.7 Å². The van der Waals surface area contributed by atoms with Crippen LogP contribution in [0.5, 0.6) is 0 Å². The Kier molecular flexibility index (Phi) is 4.69. The predicted molar refractivity (Wildman–Crippen MR) is 93.1 cm³/mol. The van der Waals surface area contributed by atoms with Crippen LogP contribution in [0.1, 0.15) is 23.9 Å². The van der Waals surface area contributed by atoms with Crippen molar-refractivity contribution >= 4 is 11.7 Å². The normalized spacial score (nSPS) is 10.6. The van der Waals surface area contributed by atoms with Gasteiger partial charge in [0.2, 0.25) is 5.91 Å². The number of aromatic amines is 2. The molecule has 0 saturated carbocycles. The molecule has 0 aliphatic carbocycles. The molecule has 128 valence electrons.